The highest BCUT2D eigenvalue weighted by atomic mass is 16.5. The Morgan fingerprint density at radius 1 is 0.500 bits per heavy atom. The van der Waals surface area contributed by atoms with Crippen molar-refractivity contribution in [2.75, 3.05) is 0 Å². The number of allylic oxidation sites excluding steroid dienone is 3. The van der Waals surface area contributed by atoms with E-state index in [0.29, 0.717) is 47.3 Å². The molecule has 5 rings (SSSR count). The van der Waals surface area contributed by atoms with E-state index in [1.807, 2.05) is 36.4 Å². The molecule has 0 atom stereocenters. The van der Waals surface area contributed by atoms with Gasteiger partial charge in [0.05, 0.1) is 16.7 Å². The largest absolute Gasteiger partial charge is 0.423 e. The minimum Gasteiger partial charge on any atom is -0.423 e. The molecule has 0 fully saturated rings. The van der Waals surface area contributed by atoms with Crippen molar-refractivity contribution in [1.82, 2.24) is 0 Å². The molecule has 0 saturated carbocycles. The highest BCUT2D eigenvalue weighted by molar-refractivity contribution is 6.10. The first-order valence-electron chi connectivity index (χ1n) is 14.7. The van der Waals surface area contributed by atoms with Crippen LogP contribution in [0.4, 0.5) is 0 Å². The molecule has 0 N–H and O–H groups in total. The van der Waals surface area contributed by atoms with Gasteiger partial charge in [-0.1, -0.05) is 78.9 Å². The molecule has 0 heterocycles. The third-order valence-electron chi connectivity index (χ3n) is 7.26. The Bertz CT molecular complexity index is 1960. The normalized spacial score (nSPS) is 10.5. The number of ether oxygens (including phenoxy) is 3. The van der Waals surface area contributed by atoms with Crippen LogP contribution in [0.25, 0.3) is 10.8 Å². The number of carbonyl (C=O) groups is 3. The quantitative estimate of drug-likeness (QED) is 0.0801. The van der Waals surface area contributed by atoms with Gasteiger partial charge in [0.25, 0.3) is 0 Å². The summed E-state index contributed by atoms with van der Waals surface area (Å²) in [6, 6.07) is 29.4. The predicted molar refractivity (Wildman–Crippen MR) is 180 cm³/mol. The molecule has 46 heavy (non-hydrogen) atoms. The van der Waals surface area contributed by atoms with Gasteiger partial charge in [0.15, 0.2) is 0 Å². The van der Waals surface area contributed by atoms with E-state index in [2.05, 4.69) is 19.7 Å². The molecule has 0 amide bonds. The van der Waals surface area contributed by atoms with Crippen LogP contribution in [0.3, 0.4) is 0 Å². The first-order chi connectivity index (χ1) is 22.4. The van der Waals surface area contributed by atoms with Crippen LogP contribution in [0.15, 0.2) is 141 Å². The Hall–Kier alpha value is -6.01. The van der Waals surface area contributed by atoms with Gasteiger partial charge in [-0.2, -0.15) is 0 Å². The number of para-hydroxylation sites is 3. The summed E-state index contributed by atoms with van der Waals surface area (Å²) in [7, 11) is 0. The number of carbonyl (C=O) groups excluding carboxylic acids is 3. The predicted octanol–water partition coefficient (Wildman–Crippen LogP) is 8.68. The first-order valence-corrected chi connectivity index (χ1v) is 14.7. The SMILES string of the molecule is C=CCc1ccccc1OC(=O)c1ccc2c(C(=O)Oc3ccccc3CC=C)cc(C(=O)Oc3ccccc3CC=C)cc2c1. The molecule has 6 heteroatoms. The molecule has 0 saturated heterocycles. The van der Waals surface area contributed by atoms with E-state index < -0.39 is 17.9 Å². The van der Waals surface area contributed by atoms with Gasteiger partial charge in [-0.3, -0.25) is 0 Å². The van der Waals surface area contributed by atoms with Gasteiger partial charge in [-0.05, 0) is 89.2 Å². The lowest BCUT2D eigenvalue weighted by atomic mass is 9.98. The summed E-state index contributed by atoms with van der Waals surface area (Å²) in [4.78, 5) is 40.5. The molecular formula is C40H32O6. The Balaban J connectivity index is 1.55. The van der Waals surface area contributed by atoms with E-state index in [9.17, 15) is 14.4 Å². The average molecular weight is 609 g/mol. The van der Waals surface area contributed by atoms with Crippen molar-refractivity contribution in [2.45, 2.75) is 19.3 Å². The minimum absolute atomic E-state index is 0.106. The van der Waals surface area contributed by atoms with E-state index in [1.54, 1.807) is 78.9 Å². The summed E-state index contributed by atoms with van der Waals surface area (Å²) < 4.78 is 17.4. The molecule has 5 aromatic carbocycles. The number of benzene rings is 5. The summed E-state index contributed by atoms with van der Waals surface area (Å²) in [6.07, 6.45) is 6.71. The molecule has 0 aliphatic heterocycles. The topological polar surface area (TPSA) is 78.9 Å². The standard InChI is InChI=1S/C40H32O6/c1-4-13-27-16-7-10-19-35(27)44-38(41)30-22-23-33-31(24-30)25-32(39(42)45-36-20-11-8-17-28(36)14-5-2)26-34(33)40(43)46-37-21-12-9-18-29(37)15-6-3/h4-12,16-26H,1-3,13-15H2. The smallest absolute Gasteiger partial charge is 0.344 e. The summed E-state index contributed by atoms with van der Waals surface area (Å²) in [6.45, 7) is 11.3. The molecule has 0 spiro atoms. The molecule has 0 bridgehead atoms. The fourth-order valence-electron chi connectivity index (χ4n) is 5.04. The molecule has 0 aliphatic carbocycles. The van der Waals surface area contributed by atoms with Crippen molar-refractivity contribution < 1.29 is 28.6 Å². The molecule has 0 radical (unpaired) electrons. The van der Waals surface area contributed by atoms with Crippen molar-refractivity contribution in [2.24, 2.45) is 0 Å². The number of esters is 3. The summed E-state index contributed by atoms with van der Waals surface area (Å²) in [5.74, 6) is -0.754. The van der Waals surface area contributed by atoms with Crippen molar-refractivity contribution in [1.29, 1.82) is 0 Å². The van der Waals surface area contributed by atoms with Crippen LogP contribution in [0.1, 0.15) is 47.8 Å². The third kappa shape index (κ3) is 7.20. The highest BCUT2D eigenvalue weighted by Crippen LogP contribution is 2.29. The fourth-order valence-corrected chi connectivity index (χ4v) is 5.04. The number of rotatable bonds is 12. The van der Waals surface area contributed by atoms with Crippen LogP contribution in [0, 0.1) is 0 Å². The second-order valence-corrected chi connectivity index (χ2v) is 10.4. The Kier molecular flexibility index (Phi) is 10.0. The van der Waals surface area contributed by atoms with E-state index >= 15 is 0 Å². The zero-order valence-electron chi connectivity index (χ0n) is 25.2. The van der Waals surface area contributed by atoms with Crippen LogP contribution in [0.2, 0.25) is 0 Å². The highest BCUT2D eigenvalue weighted by Gasteiger charge is 2.21. The maximum Gasteiger partial charge on any atom is 0.344 e. The lowest BCUT2D eigenvalue weighted by Crippen LogP contribution is -2.15. The fraction of sp³-hybridized carbons (Fsp3) is 0.0750. The van der Waals surface area contributed by atoms with E-state index in [-0.39, 0.29) is 16.7 Å². The third-order valence-corrected chi connectivity index (χ3v) is 7.26. The summed E-state index contributed by atoms with van der Waals surface area (Å²) in [5, 5.41) is 0.937. The number of fused-ring (bicyclic) bond motifs is 1. The maximum absolute atomic E-state index is 13.7. The second kappa shape index (κ2) is 14.6. The van der Waals surface area contributed by atoms with Crippen LogP contribution in [0.5, 0.6) is 17.2 Å². The van der Waals surface area contributed by atoms with Gasteiger partial charge in [0.2, 0.25) is 0 Å². The lowest BCUT2D eigenvalue weighted by Gasteiger charge is -2.14. The molecule has 228 valence electrons. The maximum atomic E-state index is 13.7. The Morgan fingerprint density at radius 3 is 1.39 bits per heavy atom. The minimum atomic E-state index is -0.675. The van der Waals surface area contributed by atoms with Gasteiger partial charge in [-0.25, -0.2) is 14.4 Å². The van der Waals surface area contributed by atoms with E-state index in [4.69, 9.17) is 14.2 Å². The van der Waals surface area contributed by atoms with Gasteiger partial charge >= 0.3 is 17.9 Å². The number of hydrogen-bond donors (Lipinski definition) is 0. The summed E-state index contributed by atoms with van der Waals surface area (Å²) >= 11 is 0. The number of hydrogen-bond acceptors (Lipinski definition) is 6. The van der Waals surface area contributed by atoms with Gasteiger partial charge < -0.3 is 14.2 Å². The van der Waals surface area contributed by atoms with Crippen molar-refractivity contribution in [3.8, 4) is 17.2 Å². The molecule has 0 aromatic heterocycles. The zero-order chi connectivity index (χ0) is 32.5. The molecule has 0 unspecified atom stereocenters. The second-order valence-electron chi connectivity index (χ2n) is 10.4. The molecule has 0 aliphatic rings. The van der Waals surface area contributed by atoms with Crippen molar-refractivity contribution in [3.05, 3.63) is 174 Å². The lowest BCUT2D eigenvalue weighted by molar-refractivity contribution is 0.0721. The Labute approximate surface area is 267 Å². The zero-order valence-corrected chi connectivity index (χ0v) is 25.2. The Morgan fingerprint density at radius 2 is 0.913 bits per heavy atom. The first kappa shape index (κ1) is 31.4. The van der Waals surface area contributed by atoms with Crippen molar-refractivity contribution >= 4 is 28.7 Å². The average Bonchev–Trinajstić information content (AvgIpc) is 3.07. The van der Waals surface area contributed by atoms with Crippen molar-refractivity contribution in [3.63, 3.8) is 0 Å². The molecule has 5 aromatic rings. The van der Waals surface area contributed by atoms with Gasteiger partial charge in [-0.15, -0.1) is 19.7 Å². The van der Waals surface area contributed by atoms with E-state index in [0.717, 1.165) is 16.7 Å². The van der Waals surface area contributed by atoms with Crippen LogP contribution in [-0.2, 0) is 19.3 Å². The van der Waals surface area contributed by atoms with Crippen LogP contribution >= 0.6 is 0 Å². The molecular weight excluding hydrogens is 576 g/mol. The summed E-state index contributed by atoms with van der Waals surface area (Å²) in [5.41, 5.74) is 2.86. The van der Waals surface area contributed by atoms with Crippen LogP contribution in [-0.4, -0.2) is 17.9 Å². The van der Waals surface area contributed by atoms with Gasteiger partial charge in [0, 0.05) is 0 Å². The molecule has 6 nitrogen and oxygen atoms in total. The monoisotopic (exact) mass is 608 g/mol. The van der Waals surface area contributed by atoms with Gasteiger partial charge in [0.1, 0.15) is 17.2 Å². The van der Waals surface area contributed by atoms with E-state index in [1.165, 1.54) is 6.07 Å². The van der Waals surface area contributed by atoms with Crippen LogP contribution < -0.4 is 14.2 Å².